The van der Waals surface area contributed by atoms with Crippen LogP contribution < -0.4 is 10.6 Å². The number of amides is 1. The Hall–Kier alpha value is -1.46. The zero-order valence-electron chi connectivity index (χ0n) is 11.6. The molecule has 0 bridgehead atoms. The zero-order valence-corrected chi connectivity index (χ0v) is 12.4. The van der Waals surface area contributed by atoms with Crippen molar-refractivity contribution in [2.45, 2.75) is 12.5 Å². The number of nitrogens with one attached hydrogen (secondary N) is 2. The number of aromatic nitrogens is 1. The Kier molecular flexibility index (Phi) is 3.98. The Morgan fingerprint density at radius 3 is 3.15 bits per heavy atom. The van der Waals surface area contributed by atoms with Crippen LogP contribution >= 0.6 is 11.8 Å². The lowest BCUT2D eigenvalue weighted by Gasteiger charge is -2.10. The monoisotopic (exact) mass is 289 g/mol. The topological polar surface area (TPSA) is 46.1 Å². The van der Waals surface area contributed by atoms with Gasteiger partial charge in [-0.2, -0.15) is 0 Å². The molecule has 1 saturated heterocycles. The van der Waals surface area contributed by atoms with Crippen molar-refractivity contribution in [3.63, 3.8) is 0 Å². The Morgan fingerprint density at radius 2 is 2.35 bits per heavy atom. The van der Waals surface area contributed by atoms with Crippen molar-refractivity contribution >= 4 is 28.6 Å². The Morgan fingerprint density at radius 1 is 1.50 bits per heavy atom. The number of nitrogens with zero attached hydrogens (tertiary/aromatic N) is 1. The van der Waals surface area contributed by atoms with E-state index in [0.29, 0.717) is 6.54 Å². The number of carbonyl (C=O) groups is 1. The van der Waals surface area contributed by atoms with E-state index in [1.165, 1.54) is 16.5 Å². The molecule has 0 aliphatic carbocycles. The molecule has 3 rings (SSSR count). The van der Waals surface area contributed by atoms with E-state index in [1.54, 1.807) is 11.8 Å². The van der Waals surface area contributed by atoms with Crippen molar-refractivity contribution in [2.75, 3.05) is 18.2 Å². The Labute approximate surface area is 122 Å². The normalized spacial score (nSPS) is 18.6. The summed E-state index contributed by atoms with van der Waals surface area (Å²) in [5.41, 5.74) is 2.53. The fraction of sp³-hybridized carbons (Fsp3) is 0.400. The van der Waals surface area contributed by atoms with Crippen molar-refractivity contribution in [1.29, 1.82) is 0 Å². The molecule has 2 heterocycles. The molecule has 1 aromatic carbocycles. The molecular formula is C15H19N3OS. The molecular weight excluding hydrogens is 270 g/mol. The first-order valence-electron chi connectivity index (χ1n) is 6.87. The van der Waals surface area contributed by atoms with Gasteiger partial charge in [-0.15, -0.1) is 11.8 Å². The smallest absolute Gasteiger partial charge is 0.238 e. The van der Waals surface area contributed by atoms with E-state index in [2.05, 4.69) is 52.7 Å². The van der Waals surface area contributed by atoms with Crippen LogP contribution in [-0.4, -0.2) is 34.7 Å². The Bertz CT molecular complexity index is 617. The second-order valence-electron chi connectivity index (χ2n) is 5.10. The lowest BCUT2D eigenvalue weighted by atomic mass is 10.1. The Balaban J connectivity index is 1.61. The highest BCUT2D eigenvalue weighted by Gasteiger charge is 2.21. The minimum absolute atomic E-state index is 0.0208. The molecule has 5 heteroatoms. The lowest BCUT2D eigenvalue weighted by Crippen LogP contribution is -2.42. The van der Waals surface area contributed by atoms with Crippen molar-refractivity contribution in [3.8, 4) is 0 Å². The quantitative estimate of drug-likeness (QED) is 0.896. The summed E-state index contributed by atoms with van der Waals surface area (Å²) in [6.07, 6.45) is 3.02. The van der Waals surface area contributed by atoms with Crippen LogP contribution in [0.2, 0.25) is 0 Å². The highest BCUT2D eigenvalue weighted by Crippen LogP contribution is 2.20. The third-order valence-electron chi connectivity index (χ3n) is 3.71. The second-order valence-corrected chi connectivity index (χ2v) is 6.13. The van der Waals surface area contributed by atoms with E-state index in [4.69, 9.17) is 0 Å². The summed E-state index contributed by atoms with van der Waals surface area (Å²) in [4.78, 5) is 11.9. The van der Waals surface area contributed by atoms with E-state index in [1.807, 2.05) is 0 Å². The average molecular weight is 289 g/mol. The number of thioether (sulfide) groups is 1. The molecule has 2 aromatic rings. The van der Waals surface area contributed by atoms with Gasteiger partial charge in [0.15, 0.2) is 0 Å². The van der Waals surface area contributed by atoms with E-state index in [-0.39, 0.29) is 11.9 Å². The molecule has 1 atom stereocenters. The van der Waals surface area contributed by atoms with E-state index >= 15 is 0 Å². The van der Waals surface area contributed by atoms with Crippen molar-refractivity contribution in [3.05, 3.63) is 36.0 Å². The molecule has 2 N–H and O–H groups in total. The summed E-state index contributed by atoms with van der Waals surface area (Å²) in [6, 6.07) is 8.35. The van der Waals surface area contributed by atoms with Gasteiger partial charge in [-0.25, -0.2) is 0 Å². The molecule has 1 aliphatic rings. The number of aryl methyl sites for hydroxylation is 1. The van der Waals surface area contributed by atoms with Crippen molar-refractivity contribution < 1.29 is 4.79 Å². The van der Waals surface area contributed by atoms with Crippen LogP contribution in [0, 0.1) is 0 Å². The van der Waals surface area contributed by atoms with Gasteiger partial charge in [-0.1, -0.05) is 18.2 Å². The summed E-state index contributed by atoms with van der Waals surface area (Å²) < 4.78 is 2.14. The predicted molar refractivity (Wildman–Crippen MR) is 83.9 cm³/mol. The number of rotatable bonds is 4. The minimum atomic E-state index is -0.0208. The van der Waals surface area contributed by atoms with Gasteiger partial charge in [0.25, 0.3) is 0 Å². The van der Waals surface area contributed by atoms with Gasteiger partial charge >= 0.3 is 0 Å². The molecule has 1 unspecified atom stereocenters. The van der Waals surface area contributed by atoms with E-state index < -0.39 is 0 Å². The van der Waals surface area contributed by atoms with Crippen molar-refractivity contribution in [2.24, 2.45) is 7.05 Å². The third-order valence-corrected chi connectivity index (χ3v) is 4.65. The third kappa shape index (κ3) is 2.69. The first-order chi connectivity index (χ1) is 9.75. The summed E-state index contributed by atoms with van der Waals surface area (Å²) in [7, 11) is 2.06. The van der Waals surface area contributed by atoms with Crippen LogP contribution in [0.1, 0.15) is 5.56 Å². The molecule has 20 heavy (non-hydrogen) atoms. The molecule has 0 radical (unpaired) electrons. The standard InChI is InChI=1S/C15H19N3OS/c1-18-8-11(12-4-2-3-5-14(12)18)6-7-16-15(19)13-9-20-10-17-13/h2-5,8,13,17H,6-7,9-10H2,1H3,(H,16,19). The molecule has 1 amide bonds. The molecule has 1 aliphatic heterocycles. The molecule has 0 saturated carbocycles. The molecule has 0 spiro atoms. The number of fused-ring (bicyclic) bond motifs is 1. The van der Waals surface area contributed by atoms with Gasteiger partial charge in [0.05, 0.1) is 6.04 Å². The van der Waals surface area contributed by atoms with Crippen LogP contribution in [0.25, 0.3) is 10.9 Å². The molecule has 106 valence electrons. The maximum atomic E-state index is 11.9. The first kappa shape index (κ1) is 13.5. The number of benzene rings is 1. The van der Waals surface area contributed by atoms with Gasteiger partial charge in [0.1, 0.15) is 0 Å². The second kappa shape index (κ2) is 5.89. The molecule has 1 fully saturated rings. The van der Waals surface area contributed by atoms with Gasteiger partial charge in [-0.05, 0) is 18.1 Å². The highest BCUT2D eigenvalue weighted by atomic mass is 32.2. The van der Waals surface area contributed by atoms with Gasteiger partial charge < -0.3 is 9.88 Å². The fourth-order valence-corrected chi connectivity index (χ4v) is 3.57. The first-order valence-corrected chi connectivity index (χ1v) is 8.03. The number of carbonyl (C=O) groups excluding carboxylic acids is 1. The number of para-hydroxylation sites is 1. The van der Waals surface area contributed by atoms with Crippen LogP contribution in [0.3, 0.4) is 0 Å². The molecule has 1 aromatic heterocycles. The summed E-state index contributed by atoms with van der Waals surface area (Å²) in [5.74, 6) is 1.87. The van der Waals surface area contributed by atoms with Crippen LogP contribution in [0.15, 0.2) is 30.5 Å². The summed E-state index contributed by atoms with van der Waals surface area (Å²) in [6.45, 7) is 0.690. The largest absolute Gasteiger partial charge is 0.354 e. The minimum Gasteiger partial charge on any atom is -0.354 e. The van der Waals surface area contributed by atoms with Crippen LogP contribution in [-0.2, 0) is 18.3 Å². The summed E-state index contributed by atoms with van der Waals surface area (Å²) >= 11 is 1.77. The average Bonchev–Trinajstić information content (AvgIpc) is 3.09. The van der Waals surface area contributed by atoms with Gasteiger partial charge in [0, 0.05) is 42.3 Å². The zero-order chi connectivity index (χ0) is 13.9. The van der Waals surface area contributed by atoms with Crippen molar-refractivity contribution in [1.82, 2.24) is 15.2 Å². The number of hydrogen-bond acceptors (Lipinski definition) is 3. The van der Waals surface area contributed by atoms with Gasteiger partial charge in [0.2, 0.25) is 5.91 Å². The lowest BCUT2D eigenvalue weighted by molar-refractivity contribution is -0.122. The predicted octanol–water partition coefficient (Wildman–Crippen LogP) is 1.50. The SMILES string of the molecule is Cn1cc(CCNC(=O)C2CSCN2)c2ccccc21. The van der Waals surface area contributed by atoms with E-state index in [9.17, 15) is 4.79 Å². The maximum Gasteiger partial charge on any atom is 0.238 e. The van der Waals surface area contributed by atoms with Gasteiger partial charge in [-0.3, -0.25) is 10.1 Å². The number of hydrogen-bond donors (Lipinski definition) is 2. The van der Waals surface area contributed by atoms with Crippen LogP contribution in [0.5, 0.6) is 0 Å². The highest BCUT2D eigenvalue weighted by molar-refractivity contribution is 7.99. The maximum absolute atomic E-state index is 11.9. The fourth-order valence-electron chi connectivity index (χ4n) is 2.63. The van der Waals surface area contributed by atoms with Crippen LogP contribution in [0.4, 0.5) is 0 Å². The van der Waals surface area contributed by atoms with E-state index in [0.717, 1.165) is 18.1 Å². The summed E-state index contributed by atoms with van der Waals surface area (Å²) in [5, 5.41) is 7.49. The molecule has 4 nitrogen and oxygen atoms in total.